The van der Waals surface area contributed by atoms with E-state index in [-0.39, 0.29) is 5.78 Å². The number of carbonyl (C=O) groups is 2. The molecule has 0 bridgehead atoms. The van der Waals surface area contributed by atoms with E-state index in [1.807, 2.05) is 42.5 Å². The van der Waals surface area contributed by atoms with Gasteiger partial charge in [-0.15, -0.1) is 0 Å². The molecule has 7 heteroatoms. The van der Waals surface area contributed by atoms with Crippen molar-refractivity contribution in [2.24, 2.45) is 0 Å². The summed E-state index contributed by atoms with van der Waals surface area (Å²) in [4.78, 5) is 25.3. The van der Waals surface area contributed by atoms with Crippen LogP contribution in [-0.4, -0.2) is 11.0 Å². The van der Waals surface area contributed by atoms with Crippen LogP contribution in [0.3, 0.4) is 0 Å². The Morgan fingerprint density at radius 2 is 1.72 bits per heavy atom. The molecule has 1 unspecified atom stereocenters. The van der Waals surface area contributed by atoms with Gasteiger partial charge in [-0.25, -0.2) is 0 Å². The topological polar surface area (TPSA) is 58.2 Å². The van der Waals surface area contributed by atoms with Gasteiger partial charge in [-0.1, -0.05) is 76.7 Å². The Bertz CT molecular complexity index is 1240. The third-order valence-corrected chi connectivity index (χ3v) is 6.79. The van der Waals surface area contributed by atoms with Gasteiger partial charge in [0.25, 0.3) is 5.24 Å². The van der Waals surface area contributed by atoms with Crippen LogP contribution in [0.25, 0.3) is 0 Å². The Balaban J connectivity index is 1.78. The maximum Gasteiger partial charge on any atom is 0.252 e. The predicted molar refractivity (Wildman–Crippen MR) is 139 cm³/mol. The third-order valence-electron chi connectivity index (χ3n) is 5.39. The van der Waals surface area contributed by atoms with Gasteiger partial charge >= 0.3 is 0 Å². The molecule has 3 aromatic carbocycles. The molecule has 2 N–H and O–H groups in total. The zero-order valence-corrected chi connectivity index (χ0v) is 20.8. The van der Waals surface area contributed by atoms with Crippen molar-refractivity contribution in [3.63, 3.8) is 0 Å². The van der Waals surface area contributed by atoms with Crippen LogP contribution in [0.15, 0.2) is 78.0 Å². The molecule has 0 spiro atoms. The average molecular weight is 577 g/mol. The molecule has 1 aliphatic rings. The molecule has 0 aromatic heterocycles. The van der Waals surface area contributed by atoms with Crippen molar-refractivity contribution in [2.45, 2.75) is 17.4 Å². The predicted octanol–water partition coefficient (Wildman–Crippen LogP) is 7.12. The summed E-state index contributed by atoms with van der Waals surface area (Å²) >= 11 is 14.6. The lowest BCUT2D eigenvalue weighted by Crippen LogP contribution is -2.18. The van der Waals surface area contributed by atoms with Gasteiger partial charge in [0, 0.05) is 26.3 Å². The Kier molecular flexibility index (Phi) is 6.88. The van der Waals surface area contributed by atoms with E-state index in [9.17, 15) is 9.59 Å². The second-order valence-electron chi connectivity index (χ2n) is 7.45. The molecule has 1 heterocycles. The molecule has 0 amide bonds. The van der Waals surface area contributed by atoms with Crippen molar-refractivity contribution >= 4 is 68.2 Å². The van der Waals surface area contributed by atoms with Crippen LogP contribution in [0.4, 0.5) is 11.4 Å². The van der Waals surface area contributed by atoms with Crippen molar-refractivity contribution in [2.75, 3.05) is 10.6 Å². The van der Waals surface area contributed by atoms with E-state index < -0.39 is 11.3 Å². The first kappa shape index (κ1) is 22.8. The monoisotopic (exact) mass is 576 g/mol. The van der Waals surface area contributed by atoms with E-state index >= 15 is 0 Å². The van der Waals surface area contributed by atoms with Gasteiger partial charge in [-0.05, 0) is 53.9 Å². The summed E-state index contributed by atoms with van der Waals surface area (Å²) < 4.78 is 0.740. The fraction of sp³-hybridized carbons (Fsp3) is 0.120. The second kappa shape index (κ2) is 9.65. The number of benzene rings is 3. The molecule has 4 rings (SSSR count). The zero-order valence-electron chi connectivity index (χ0n) is 17.1. The molecule has 0 saturated heterocycles. The number of carbonyl (C=O) groups excluding carboxylic acids is 2. The SMILES string of the molecule is CC1=C(C(=O)Cl)C(c2ccc(Cl)c(CI)c2)Nc2ccc(C(=O)c3ccccc3)cc2N1. The number of halogens is 3. The smallest absolute Gasteiger partial charge is 0.252 e. The minimum Gasteiger partial charge on any atom is -0.372 e. The highest BCUT2D eigenvalue weighted by Crippen LogP contribution is 2.39. The molecule has 1 aliphatic heterocycles. The fourth-order valence-corrected chi connectivity index (χ4v) is 5.06. The molecule has 4 nitrogen and oxygen atoms in total. The number of allylic oxidation sites excluding steroid dienone is 1. The van der Waals surface area contributed by atoms with Crippen molar-refractivity contribution < 1.29 is 9.59 Å². The lowest BCUT2D eigenvalue weighted by atomic mass is 9.96. The number of rotatable bonds is 5. The summed E-state index contributed by atoms with van der Waals surface area (Å²) in [5.74, 6) is -0.0735. The van der Waals surface area contributed by atoms with E-state index in [0.29, 0.717) is 33.1 Å². The molecular formula is C25H19Cl2IN2O2. The number of alkyl halides is 1. The van der Waals surface area contributed by atoms with Crippen LogP contribution < -0.4 is 10.6 Å². The summed E-state index contributed by atoms with van der Waals surface area (Å²) in [6, 6.07) is 19.8. The third kappa shape index (κ3) is 4.56. The quantitative estimate of drug-likeness (QED) is 0.147. The van der Waals surface area contributed by atoms with E-state index in [0.717, 1.165) is 21.2 Å². The molecular weight excluding hydrogens is 558 g/mol. The van der Waals surface area contributed by atoms with Gasteiger partial charge in [0.1, 0.15) is 0 Å². The Morgan fingerprint density at radius 3 is 2.41 bits per heavy atom. The lowest BCUT2D eigenvalue weighted by Gasteiger charge is -2.21. The van der Waals surface area contributed by atoms with Crippen LogP contribution >= 0.6 is 45.8 Å². The Labute approximate surface area is 210 Å². The molecule has 3 aromatic rings. The molecule has 0 aliphatic carbocycles. The summed E-state index contributed by atoms with van der Waals surface area (Å²) in [5, 5.41) is 6.83. The first-order valence-corrected chi connectivity index (χ1v) is 12.2. The average Bonchev–Trinajstić information content (AvgIpc) is 2.94. The number of hydrogen-bond donors (Lipinski definition) is 2. The Hall–Kier alpha value is -2.35. The van der Waals surface area contributed by atoms with Gasteiger partial charge < -0.3 is 10.6 Å². The zero-order chi connectivity index (χ0) is 22.8. The minimum atomic E-state index is -0.549. The van der Waals surface area contributed by atoms with Crippen LogP contribution in [0.5, 0.6) is 0 Å². The normalized spacial score (nSPS) is 15.3. The van der Waals surface area contributed by atoms with Crippen molar-refractivity contribution in [3.8, 4) is 0 Å². The van der Waals surface area contributed by atoms with Gasteiger partial charge in [0.05, 0.1) is 23.0 Å². The number of fused-ring (bicyclic) bond motifs is 1. The first-order valence-electron chi connectivity index (χ1n) is 9.91. The number of hydrogen-bond acceptors (Lipinski definition) is 4. The highest BCUT2D eigenvalue weighted by molar-refractivity contribution is 14.1. The maximum absolute atomic E-state index is 12.9. The standard InChI is InChI=1S/C25H19Cl2IN2O2/c1-14-22(25(27)32)23(16-7-9-19(26)18(11-16)13-28)30-20-10-8-17(12-21(20)29-14)24(31)15-5-3-2-4-6-15/h2-12,23,29-30H,13H2,1H3. The van der Waals surface area contributed by atoms with Gasteiger partial charge in [0.15, 0.2) is 5.78 Å². The molecule has 0 fully saturated rings. The molecule has 162 valence electrons. The van der Waals surface area contributed by atoms with Crippen LogP contribution in [0.1, 0.15) is 40.0 Å². The van der Waals surface area contributed by atoms with E-state index in [1.165, 1.54) is 0 Å². The number of anilines is 2. The minimum absolute atomic E-state index is 0.0735. The van der Waals surface area contributed by atoms with E-state index in [4.69, 9.17) is 23.2 Å². The van der Waals surface area contributed by atoms with Gasteiger partial charge in [-0.2, -0.15) is 0 Å². The highest BCUT2D eigenvalue weighted by Gasteiger charge is 2.28. The fourth-order valence-electron chi connectivity index (χ4n) is 3.77. The van der Waals surface area contributed by atoms with Crippen molar-refractivity contribution in [1.29, 1.82) is 0 Å². The highest BCUT2D eigenvalue weighted by atomic mass is 127. The number of nitrogens with one attached hydrogen (secondary N) is 2. The largest absolute Gasteiger partial charge is 0.372 e. The van der Waals surface area contributed by atoms with Gasteiger partial charge in [-0.3, -0.25) is 9.59 Å². The summed E-state index contributed by atoms with van der Waals surface area (Å²) in [6.45, 7) is 1.81. The van der Waals surface area contributed by atoms with Crippen molar-refractivity contribution in [1.82, 2.24) is 0 Å². The van der Waals surface area contributed by atoms with E-state index in [1.54, 1.807) is 31.2 Å². The summed E-state index contributed by atoms with van der Waals surface area (Å²) in [6.07, 6.45) is 0. The Morgan fingerprint density at radius 1 is 0.969 bits per heavy atom. The summed E-state index contributed by atoms with van der Waals surface area (Å²) in [7, 11) is 0. The second-order valence-corrected chi connectivity index (χ2v) is 8.97. The van der Waals surface area contributed by atoms with E-state index in [2.05, 4.69) is 33.2 Å². The number of ketones is 1. The van der Waals surface area contributed by atoms with Crippen LogP contribution in [-0.2, 0) is 9.22 Å². The lowest BCUT2D eigenvalue weighted by molar-refractivity contribution is -0.108. The van der Waals surface area contributed by atoms with Crippen LogP contribution in [0, 0.1) is 0 Å². The molecule has 0 saturated carbocycles. The molecule has 0 radical (unpaired) electrons. The summed E-state index contributed by atoms with van der Waals surface area (Å²) in [5.41, 5.74) is 5.52. The van der Waals surface area contributed by atoms with Crippen LogP contribution in [0.2, 0.25) is 5.02 Å². The maximum atomic E-state index is 12.9. The molecule has 32 heavy (non-hydrogen) atoms. The van der Waals surface area contributed by atoms with Gasteiger partial charge in [0.2, 0.25) is 0 Å². The molecule has 1 atom stereocenters. The first-order chi connectivity index (χ1) is 15.4. The van der Waals surface area contributed by atoms with Crippen molar-refractivity contribution in [3.05, 3.63) is 105 Å².